The summed E-state index contributed by atoms with van der Waals surface area (Å²) in [5, 5.41) is 8.48. The maximum Gasteiger partial charge on any atom is 0.277 e. The van der Waals surface area contributed by atoms with Crippen molar-refractivity contribution in [1.29, 1.82) is 0 Å². The van der Waals surface area contributed by atoms with Crippen LogP contribution in [0.5, 0.6) is 0 Å². The van der Waals surface area contributed by atoms with Crippen molar-refractivity contribution in [2.75, 3.05) is 19.5 Å². The first-order chi connectivity index (χ1) is 13.0. The molecule has 0 amide bonds. The van der Waals surface area contributed by atoms with Crippen molar-refractivity contribution in [1.82, 2.24) is 14.8 Å². The van der Waals surface area contributed by atoms with E-state index in [4.69, 9.17) is 9.15 Å². The van der Waals surface area contributed by atoms with E-state index in [1.54, 1.807) is 7.11 Å². The average molecular weight is 450 g/mol. The van der Waals surface area contributed by atoms with Gasteiger partial charge >= 0.3 is 0 Å². The lowest BCUT2D eigenvalue weighted by molar-refractivity contribution is 0.102. The standard InChI is InChI=1S/C19H20BrN3O3S/c1-12-10-15(13(2)23(12)8-9-25-3)17(24)11-27-19-22-21-18(26-19)14-6-4-5-7-16(14)20/h4-7,10H,8-9,11H2,1-3H3. The molecule has 8 heteroatoms. The highest BCUT2D eigenvalue weighted by molar-refractivity contribution is 9.10. The van der Waals surface area contributed by atoms with Crippen LogP contribution in [0.4, 0.5) is 0 Å². The van der Waals surface area contributed by atoms with Crippen LogP contribution in [0.1, 0.15) is 21.7 Å². The Kier molecular flexibility index (Phi) is 6.51. The first kappa shape index (κ1) is 19.9. The summed E-state index contributed by atoms with van der Waals surface area (Å²) < 4.78 is 13.8. The van der Waals surface area contributed by atoms with Crippen LogP contribution in [0.2, 0.25) is 0 Å². The van der Waals surface area contributed by atoms with E-state index in [2.05, 4.69) is 30.7 Å². The van der Waals surface area contributed by atoms with Gasteiger partial charge in [-0.1, -0.05) is 23.9 Å². The number of nitrogens with zero attached hydrogens (tertiary/aromatic N) is 3. The van der Waals surface area contributed by atoms with Gasteiger partial charge in [0.25, 0.3) is 5.22 Å². The summed E-state index contributed by atoms with van der Waals surface area (Å²) in [6.45, 7) is 5.29. The Labute approximate surface area is 170 Å². The Morgan fingerprint density at radius 1 is 1.30 bits per heavy atom. The van der Waals surface area contributed by atoms with Crippen molar-refractivity contribution in [3.05, 3.63) is 51.8 Å². The van der Waals surface area contributed by atoms with Crippen LogP contribution in [-0.4, -0.2) is 40.0 Å². The molecule has 2 heterocycles. The fraction of sp³-hybridized carbons (Fsp3) is 0.316. The normalized spacial score (nSPS) is 11.1. The highest BCUT2D eigenvalue weighted by Gasteiger charge is 2.18. The second-order valence-corrected chi connectivity index (χ2v) is 7.77. The predicted octanol–water partition coefficient (Wildman–Crippen LogP) is 4.54. The van der Waals surface area contributed by atoms with Gasteiger partial charge in [-0.2, -0.15) is 0 Å². The smallest absolute Gasteiger partial charge is 0.277 e. The molecule has 27 heavy (non-hydrogen) atoms. The number of ketones is 1. The number of ether oxygens (including phenoxy) is 1. The molecule has 0 unspecified atom stereocenters. The summed E-state index contributed by atoms with van der Waals surface area (Å²) >= 11 is 4.72. The number of benzene rings is 1. The molecule has 3 aromatic rings. The maximum absolute atomic E-state index is 12.6. The van der Waals surface area contributed by atoms with Gasteiger partial charge in [-0.25, -0.2) is 0 Å². The van der Waals surface area contributed by atoms with E-state index < -0.39 is 0 Å². The Morgan fingerprint density at radius 3 is 2.81 bits per heavy atom. The zero-order valence-corrected chi connectivity index (χ0v) is 17.8. The molecule has 0 fully saturated rings. The molecule has 0 N–H and O–H groups in total. The molecular weight excluding hydrogens is 430 g/mol. The number of rotatable bonds is 8. The van der Waals surface area contributed by atoms with Crippen LogP contribution in [0.3, 0.4) is 0 Å². The summed E-state index contributed by atoms with van der Waals surface area (Å²) in [4.78, 5) is 12.6. The number of carbonyl (C=O) groups excluding carboxylic acids is 1. The minimum absolute atomic E-state index is 0.0393. The lowest BCUT2D eigenvalue weighted by atomic mass is 10.2. The summed E-state index contributed by atoms with van der Waals surface area (Å²) in [5.41, 5.74) is 3.55. The van der Waals surface area contributed by atoms with Crippen molar-refractivity contribution in [2.24, 2.45) is 0 Å². The Morgan fingerprint density at radius 2 is 2.07 bits per heavy atom. The maximum atomic E-state index is 12.6. The fourth-order valence-corrected chi connectivity index (χ4v) is 3.93. The van der Waals surface area contributed by atoms with Crippen LogP contribution in [0.15, 0.2) is 44.4 Å². The van der Waals surface area contributed by atoms with Crippen LogP contribution in [-0.2, 0) is 11.3 Å². The van der Waals surface area contributed by atoms with Gasteiger partial charge in [-0.15, -0.1) is 10.2 Å². The second-order valence-electron chi connectivity index (χ2n) is 5.99. The van der Waals surface area contributed by atoms with Crippen molar-refractivity contribution in [2.45, 2.75) is 25.6 Å². The van der Waals surface area contributed by atoms with E-state index in [1.807, 2.05) is 44.2 Å². The summed E-state index contributed by atoms with van der Waals surface area (Å²) in [6, 6.07) is 9.55. The molecule has 0 saturated heterocycles. The van der Waals surface area contributed by atoms with Crippen molar-refractivity contribution < 1.29 is 13.9 Å². The number of aromatic nitrogens is 3. The number of thioether (sulfide) groups is 1. The molecule has 142 valence electrons. The minimum atomic E-state index is 0.0393. The van der Waals surface area contributed by atoms with Gasteiger partial charge in [0, 0.05) is 35.1 Å². The van der Waals surface area contributed by atoms with Crippen LogP contribution in [0.25, 0.3) is 11.5 Å². The molecule has 0 radical (unpaired) electrons. The Hall–Kier alpha value is -1.90. The third-order valence-corrected chi connectivity index (χ3v) is 5.74. The second kappa shape index (κ2) is 8.86. The summed E-state index contributed by atoms with van der Waals surface area (Å²) in [7, 11) is 1.67. The third kappa shape index (κ3) is 4.51. The van der Waals surface area contributed by atoms with E-state index in [0.717, 1.165) is 33.5 Å². The van der Waals surface area contributed by atoms with Gasteiger partial charge in [0.15, 0.2) is 5.78 Å². The number of methoxy groups -OCH3 is 1. The number of Topliss-reactive ketones (excluding diaryl/α,β-unsaturated/α-hetero) is 1. The van der Waals surface area contributed by atoms with Crippen LogP contribution < -0.4 is 0 Å². The summed E-state index contributed by atoms with van der Waals surface area (Å²) in [5.74, 6) is 0.708. The van der Waals surface area contributed by atoms with Crippen LogP contribution >= 0.6 is 27.7 Å². The topological polar surface area (TPSA) is 70.2 Å². The lowest BCUT2D eigenvalue weighted by Crippen LogP contribution is -2.09. The molecule has 0 bridgehead atoms. The van der Waals surface area contributed by atoms with Crippen LogP contribution in [0, 0.1) is 13.8 Å². The number of hydrogen-bond acceptors (Lipinski definition) is 6. The minimum Gasteiger partial charge on any atom is -0.411 e. The molecule has 0 spiro atoms. The highest BCUT2D eigenvalue weighted by Crippen LogP contribution is 2.29. The van der Waals surface area contributed by atoms with Crippen molar-refractivity contribution in [3.63, 3.8) is 0 Å². The first-order valence-corrected chi connectivity index (χ1v) is 10.2. The number of carbonyl (C=O) groups is 1. The van der Waals surface area contributed by atoms with Gasteiger partial charge in [0.05, 0.1) is 17.9 Å². The number of aryl methyl sites for hydroxylation is 1. The molecule has 0 saturated carbocycles. The number of halogens is 1. The molecule has 3 rings (SSSR count). The molecule has 0 atom stereocenters. The van der Waals surface area contributed by atoms with Gasteiger partial charge in [-0.3, -0.25) is 4.79 Å². The molecule has 0 aliphatic heterocycles. The molecule has 0 aliphatic rings. The van der Waals surface area contributed by atoms with E-state index >= 15 is 0 Å². The molecule has 1 aromatic carbocycles. The largest absolute Gasteiger partial charge is 0.411 e. The molecule has 6 nitrogen and oxygen atoms in total. The van der Waals surface area contributed by atoms with Gasteiger partial charge in [0.1, 0.15) is 0 Å². The first-order valence-electron chi connectivity index (χ1n) is 8.41. The third-order valence-electron chi connectivity index (χ3n) is 4.23. The van der Waals surface area contributed by atoms with E-state index in [0.29, 0.717) is 17.7 Å². The quantitative estimate of drug-likeness (QED) is 0.371. The SMILES string of the molecule is COCCn1c(C)cc(C(=O)CSc2nnc(-c3ccccc3Br)o2)c1C. The Balaban J connectivity index is 1.67. The Bertz CT molecular complexity index is 952. The fourth-order valence-electron chi connectivity index (χ4n) is 2.83. The molecule has 0 aliphatic carbocycles. The average Bonchev–Trinajstić information content (AvgIpc) is 3.23. The van der Waals surface area contributed by atoms with Gasteiger partial charge < -0.3 is 13.7 Å². The zero-order chi connectivity index (χ0) is 19.4. The zero-order valence-electron chi connectivity index (χ0n) is 15.4. The molecular formula is C19H20BrN3O3S. The lowest BCUT2D eigenvalue weighted by Gasteiger charge is -2.08. The number of hydrogen-bond donors (Lipinski definition) is 0. The summed E-state index contributed by atoms with van der Waals surface area (Å²) in [6.07, 6.45) is 0. The van der Waals surface area contributed by atoms with E-state index in [9.17, 15) is 4.79 Å². The van der Waals surface area contributed by atoms with E-state index in [-0.39, 0.29) is 11.5 Å². The monoisotopic (exact) mass is 449 g/mol. The van der Waals surface area contributed by atoms with Gasteiger partial charge in [0.2, 0.25) is 5.89 Å². The van der Waals surface area contributed by atoms with Gasteiger partial charge in [-0.05, 0) is 48.0 Å². The molecule has 2 aromatic heterocycles. The van der Waals surface area contributed by atoms with Crippen molar-refractivity contribution >= 4 is 33.5 Å². The van der Waals surface area contributed by atoms with Crippen molar-refractivity contribution in [3.8, 4) is 11.5 Å². The predicted molar refractivity (Wildman–Crippen MR) is 108 cm³/mol. The highest BCUT2D eigenvalue weighted by atomic mass is 79.9. The van der Waals surface area contributed by atoms with E-state index in [1.165, 1.54) is 11.8 Å².